The molecule has 1 heterocycles. The third-order valence-electron chi connectivity index (χ3n) is 3.48. The van der Waals surface area contributed by atoms with Crippen molar-refractivity contribution in [1.29, 1.82) is 0 Å². The van der Waals surface area contributed by atoms with Gasteiger partial charge in [-0.25, -0.2) is 4.39 Å². The van der Waals surface area contributed by atoms with E-state index in [9.17, 15) is 9.18 Å². The minimum Gasteiger partial charge on any atom is -0.348 e. The van der Waals surface area contributed by atoms with Gasteiger partial charge in [0.05, 0.1) is 5.69 Å². The summed E-state index contributed by atoms with van der Waals surface area (Å²) in [5.41, 5.74) is 1.34. The molecule has 2 aromatic carbocycles. The first-order chi connectivity index (χ1) is 12.1. The predicted molar refractivity (Wildman–Crippen MR) is 92.8 cm³/mol. The number of hydrogen-bond acceptors (Lipinski definition) is 5. The molecule has 0 saturated carbocycles. The van der Waals surface area contributed by atoms with Crippen LogP contribution in [0, 0.1) is 5.82 Å². The van der Waals surface area contributed by atoms with E-state index in [1.54, 1.807) is 26.2 Å². The molecule has 0 N–H and O–H groups in total. The van der Waals surface area contributed by atoms with Crippen molar-refractivity contribution in [2.75, 3.05) is 14.1 Å². The van der Waals surface area contributed by atoms with E-state index in [-0.39, 0.29) is 11.7 Å². The number of hydrogen-bond donors (Lipinski definition) is 0. The van der Waals surface area contributed by atoms with Crippen LogP contribution in [0.3, 0.4) is 0 Å². The van der Waals surface area contributed by atoms with Gasteiger partial charge in [-0.1, -0.05) is 48.2 Å². The average Bonchev–Trinajstić information content (AvgIpc) is 3.08. The maximum atomic E-state index is 13.5. The normalized spacial score (nSPS) is 12.0. The first-order valence-electron chi connectivity index (χ1n) is 7.53. The van der Waals surface area contributed by atoms with Crippen LogP contribution in [0.25, 0.3) is 5.69 Å². The van der Waals surface area contributed by atoms with Gasteiger partial charge in [0.1, 0.15) is 11.1 Å². The zero-order valence-corrected chi connectivity index (χ0v) is 14.5. The van der Waals surface area contributed by atoms with Crippen LogP contribution in [0.4, 0.5) is 4.39 Å². The van der Waals surface area contributed by atoms with Gasteiger partial charge in [-0.3, -0.25) is 4.79 Å². The molecule has 1 atom stereocenters. The lowest BCUT2D eigenvalue weighted by Gasteiger charge is -2.20. The second-order valence-corrected chi connectivity index (χ2v) is 6.57. The zero-order chi connectivity index (χ0) is 17.8. The van der Waals surface area contributed by atoms with Crippen molar-refractivity contribution < 1.29 is 9.18 Å². The Labute approximate surface area is 148 Å². The molecule has 0 radical (unpaired) electrons. The highest BCUT2D eigenvalue weighted by Gasteiger charge is 2.26. The van der Waals surface area contributed by atoms with Crippen molar-refractivity contribution in [1.82, 2.24) is 25.1 Å². The number of halogens is 1. The fourth-order valence-corrected chi connectivity index (χ4v) is 3.39. The Hall–Kier alpha value is -2.74. The number of carbonyl (C=O) groups excluding carboxylic acids is 1. The van der Waals surface area contributed by atoms with Crippen molar-refractivity contribution in [3.05, 3.63) is 66.0 Å². The average molecular weight is 357 g/mol. The number of likely N-dealkylation sites (N-methyl/N-ethyl adjacent to an activating group) is 1. The number of thioether (sulfide) groups is 1. The number of rotatable bonds is 5. The SMILES string of the molecule is CN(C)C(=O)C(Sc1nnnn1-c1cccc(F)c1)c1ccccc1. The van der Waals surface area contributed by atoms with E-state index in [0.717, 1.165) is 5.56 Å². The lowest BCUT2D eigenvalue weighted by Crippen LogP contribution is -2.27. The molecule has 0 saturated heterocycles. The third-order valence-corrected chi connectivity index (χ3v) is 4.66. The highest BCUT2D eigenvalue weighted by Crippen LogP contribution is 2.35. The smallest absolute Gasteiger partial charge is 0.240 e. The second-order valence-electron chi connectivity index (χ2n) is 5.49. The van der Waals surface area contributed by atoms with Crippen molar-refractivity contribution in [2.45, 2.75) is 10.4 Å². The largest absolute Gasteiger partial charge is 0.348 e. The number of aromatic nitrogens is 4. The second kappa shape index (κ2) is 7.43. The monoisotopic (exact) mass is 357 g/mol. The Morgan fingerprint density at radius 3 is 2.60 bits per heavy atom. The van der Waals surface area contributed by atoms with E-state index in [2.05, 4.69) is 15.5 Å². The topological polar surface area (TPSA) is 63.9 Å². The molecule has 3 rings (SSSR count). The molecular weight excluding hydrogens is 341 g/mol. The summed E-state index contributed by atoms with van der Waals surface area (Å²) in [6, 6.07) is 15.4. The van der Waals surface area contributed by atoms with Crippen LogP contribution in [0.15, 0.2) is 59.8 Å². The molecule has 25 heavy (non-hydrogen) atoms. The molecular formula is C17H16FN5OS. The summed E-state index contributed by atoms with van der Waals surface area (Å²) in [6.45, 7) is 0. The minimum atomic E-state index is -0.505. The molecule has 0 aliphatic carbocycles. The fourth-order valence-electron chi connectivity index (χ4n) is 2.25. The first kappa shape index (κ1) is 17.1. The van der Waals surface area contributed by atoms with Crippen LogP contribution in [0.1, 0.15) is 10.8 Å². The lowest BCUT2D eigenvalue weighted by atomic mass is 10.1. The first-order valence-corrected chi connectivity index (χ1v) is 8.41. The van der Waals surface area contributed by atoms with Gasteiger partial charge < -0.3 is 4.90 Å². The molecule has 0 fully saturated rings. The minimum absolute atomic E-state index is 0.0787. The number of nitrogens with zero attached hydrogens (tertiary/aromatic N) is 5. The molecule has 1 aromatic heterocycles. The lowest BCUT2D eigenvalue weighted by molar-refractivity contribution is -0.128. The highest BCUT2D eigenvalue weighted by molar-refractivity contribution is 8.00. The van der Waals surface area contributed by atoms with Crippen LogP contribution in [-0.2, 0) is 4.79 Å². The maximum absolute atomic E-state index is 13.5. The van der Waals surface area contributed by atoms with Gasteiger partial charge in [-0.15, -0.1) is 5.10 Å². The van der Waals surface area contributed by atoms with E-state index in [4.69, 9.17) is 0 Å². The summed E-state index contributed by atoms with van der Waals surface area (Å²) in [6.07, 6.45) is 0. The third kappa shape index (κ3) is 3.85. The molecule has 1 unspecified atom stereocenters. The van der Waals surface area contributed by atoms with Crippen molar-refractivity contribution >= 4 is 17.7 Å². The summed E-state index contributed by atoms with van der Waals surface area (Å²) in [7, 11) is 3.41. The number of tetrazole rings is 1. The Morgan fingerprint density at radius 1 is 1.16 bits per heavy atom. The van der Waals surface area contributed by atoms with E-state index in [0.29, 0.717) is 10.8 Å². The van der Waals surface area contributed by atoms with Gasteiger partial charge in [-0.05, 0) is 34.2 Å². The van der Waals surface area contributed by atoms with E-state index in [1.807, 2.05) is 30.3 Å². The van der Waals surface area contributed by atoms with Gasteiger partial charge >= 0.3 is 0 Å². The van der Waals surface area contributed by atoms with E-state index in [1.165, 1.54) is 33.5 Å². The molecule has 6 nitrogen and oxygen atoms in total. The van der Waals surface area contributed by atoms with Crippen molar-refractivity contribution in [3.8, 4) is 5.69 Å². The summed E-state index contributed by atoms with van der Waals surface area (Å²) in [5.74, 6) is -0.460. The quantitative estimate of drug-likeness (QED) is 0.657. The number of amides is 1. The van der Waals surface area contributed by atoms with E-state index < -0.39 is 5.25 Å². The Kier molecular flexibility index (Phi) is 5.08. The molecule has 1 amide bonds. The van der Waals surface area contributed by atoms with Gasteiger partial charge in [-0.2, -0.15) is 4.68 Å². The molecule has 0 bridgehead atoms. The summed E-state index contributed by atoms with van der Waals surface area (Å²) in [4.78, 5) is 14.2. The van der Waals surface area contributed by atoms with Crippen LogP contribution in [-0.4, -0.2) is 45.1 Å². The Balaban J connectivity index is 1.96. The van der Waals surface area contributed by atoms with E-state index >= 15 is 0 Å². The van der Waals surface area contributed by atoms with Crippen LogP contribution in [0.2, 0.25) is 0 Å². The Morgan fingerprint density at radius 2 is 1.92 bits per heavy atom. The molecule has 128 valence electrons. The number of carbonyl (C=O) groups is 1. The molecule has 0 spiro atoms. The molecule has 0 aliphatic rings. The van der Waals surface area contributed by atoms with Crippen molar-refractivity contribution in [2.24, 2.45) is 0 Å². The molecule has 3 aromatic rings. The summed E-state index contributed by atoms with van der Waals surface area (Å²) < 4.78 is 14.9. The van der Waals surface area contributed by atoms with Crippen LogP contribution >= 0.6 is 11.8 Å². The summed E-state index contributed by atoms with van der Waals surface area (Å²) in [5, 5.41) is 11.5. The van der Waals surface area contributed by atoms with Gasteiger partial charge in [0.2, 0.25) is 11.1 Å². The van der Waals surface area contributed by atoms with Crippen LogP contribution < -0.4 is 0 Å². The molecule has 0 aliphatic heterocycles. The standard InChI is InChI=1S/C17H16FN5OS/c1-22(2)16(24)15(12-7-4-3-5-8-12)25-17-19-20-21-23(17)14-10-6-9-13(18)11-14/h3-11,15H,1-2H3. The van der Waals surface area contributed by atoms with Crippen LogP contribution in [0.5, 0.6) is 0 Å². The van der Waals surface area contributed by atoms with Gasteiger partial charge in [0.15, 0.2) is 0 Å². The van der Waals surface area contributed by atoms with Gasteiger partial charge in [0, 0.05) is 14.1 Å². The fraction of sp³-hybridized carbons (Fsp3) is 0.176. The Bertz CT molecular complexity index is 868. The molecule has 8 heteroatoms. The number of benzene rings is 2. The highest BCUT2D eigenvalue weighted by atomic mass is 32.2. The zero-order valence-electron chi connectivity index (χ0n) is 13.7. The van der Waals surface area contributed by atoms with Crippen molar-refractivity contribution in [3.63, 3.8) is 0 Å². The predicted octanol–water partition coefficient (Wildman–Crippen LogP) is 2.72. The summed E-state index contributed by atoms with van der Waals surface area (Å²) >= 11 is 1.23. The van der Waals surface area contributed by atoms with Gasteiger partial charge in [0.25, 0.3) is 0 Å². The maximum Gasteiger partial charge on any atom is 0.240 e.